The van der Waals surface area contributed by atoms with Crippen LogP contribution in [0, 0.1) is 0 Å². The molecule has 5 nitrogen and oxygen atoms in total. The molecule has 1 heterocycles. The van der Waals surface area contributed by atoms with Crippen LogP contribution in [0.3, 0.4) is 0 Å². The zero-order chi connectivity index (χ0) is 14.3. The molecule has 1 amide bonds. The van der Waals surface area contributed by atoms with Gasteiger partial charge < -0.3 is 10.0 Å². The number of nitrogens with zero attached hydrogens (tertiary/aromatic N) is 1. The van der Waals surface area contributed by atoms with Crippen LogP contribution in [-0.2, 0) is 9.84 Å². The van der Waals surface area contributed by atoms with Gasteiger partial charge in [-0.3, -0.25) is 4.79 Å². The van der Waals surface area contributed by atoms with E-state index in [0.29, 0.717) is 18.5 Å². The highest BCUT2D eigenvalue weighted by atomic mass is 32.2. The fraction of sp³-hybridized carbons (Fsp3) is 0.462. The summed E-state index contributed by atoms with van der Waals surface area (Å²) in [6.07, 6.45) is 1.64. The normalized spacial score (nSPS) is 23.6. The maximum Gasteiger partial charge on any atom is 0.253 e. The molecule has 0 aliphatic carbocycles. The lowest BCUT2D eigenvalue weighted by atomic mass is 10.1. The van der Waals surface area contributed by atoms with Crippen molar-refractivity contribution in [1.29, 1.82) is 0 Å². The zero-order valence-corrected chi connectivity index (χ0v) is 11.8. The second-order valence-electron chi connectivity index (χ2n) is 5.27. The highest BCUT2D eigenvalue weighted by Crippen LogP contribution is 2.22. The van der Waals surface area contributed by atoms with Crippen LogP contribution in [0.15, 0.2) is 29.2 Å². The van der Waals surface area contributed by atoms with Gasteiger partial charge in [0.15, 0.2) is 9.84 Å². The maximum absolute atomic E-state index is 12.2. The summed E-state index contributed by atoms with van der Waals surface area (Å²) in [6.45, 7) is 2.44. The SMILES string of the molecule is CC1(O)CCN(C(=O)c2cccc(S(C)(=O)=O)c2)C1. The molecule has 0 aromatic heterocycles. The minimum absolute atomic E-state index is 0.129. The fourth-order valence-corrected chi connectivity index (χ4v) is 2.83. The monoisotopic (exact) mass is 283 g/mol. The number of hydrogen-bond acceptors (Lipinski definition) is 4. The molecule has 0 spiro atoms. The summed E-state index contributed by atoms with van der Waals surface area (Å²) in [4.78, 5) is 13.9. The summed E-state index contributed by atoms with van der Waals surface area (Å²) < 4.78 is 22.9. The number of carbonyl (C=O) groups excluding carboxylic acids is 1. The molecule has 1 aromatic rings. The molecule has 1 atom stereocenters. The third-order valence-electron chi connectivity index (χ3n) is 3.25. The van der Waals surface area contributed by atoms with E-state index < -0.39 is 15.4 Å². The fourth-order valence-electron chi connectivity index (χ4n) is 2.16. The van der Waals surface area contributed by atoms with Crippen LogP contribution in [0.25, 0.3) is 0 Å². The van der Waals surface area contributed by atoms with Crippen molar-refractivity contribution in [2.45, 2.75) is 23.8 Å². The van der Waals surface area contributed by atoms with E-state index in [-0.39, 0.29) is 17.3 Å². The molecule has 0 radical (unpaired) electrons. The number of amides is 1. The minimum atomic E-state index is -3.33. The van der Waals surface area contributed by atoms with Crippen LogP contribution in [0.5, 0.6) is 0 Å². The molecule has 2 rings (SSSR count). The second-order valence-corrected chi connectivity index (χ2v) is 7.29. The quantitative estimate of drug-likeness (QED) is 0.866. The summed E-state index contributed by atoms with van der Waals surface area (Å²) >= 11 is 0. The van der Waals surface area contributed by atoms with Gasteiger partial charge in [-0.1, -0.05) is 6.07 Å². The van der Waals surface area contributed by atoms with E-state index in [9.17, 15) is 18.3 Å². The first kappa shape index (κ1) is 14.0. The molecule has 1 unspecified atom stereocenters. The van der Waals surface area contributed by atoms with Crippen molar-refractivity contribution in [1.82, 2.24) is 4.90 Å². The third-order valence-corrected chi connectivity index (χ3v) is 4.36. The molecule has 1 aliphatic rings. The Morgan fingerprint density at radius 1 is 1.42 bits per heavy atom. The van der Waals surface area contributed by atoms with Gasteiger partial charge >= 0.3 is 0 Å². The summed E-state index contributed by atoms with van der Waals surface area (Å²) in [5.41, 5.74) is -0.523. The smallest absolute Gasteiger partial charge is 0.253 e. The minimum Gasteiger partial charge on any atom is -0.388 e. The Morgan fingerprint density at radius 2 is 2.11 bits per heavy atom. The number of β-amino-alcohol motifs (C(OH)–C–C–N with tert-alkyl or cyclic N) is 1. The Balaban J connectivity index is 2.26. The van der Waals surface area contributed by atoms with Crippen LogP contribution in [0.1, 0.15) is 23.7 Å². The summed E-state index contributed by atoms with van der Waals surface area (Å²) in [5, 5.41) is 9.85. The van der Waals surface area contributed by atoms with Crippen LogP contribution < -0.4 is 0 Å². The number of hydrogen-bond donors (Lipinski definition) is 1. The van der Waals surface area contributed by atoms with Crippen molar-refractivity contribution in [3.8, 4) is 0 Å². The number of sulfone groups is 1. The van der Waals surface area contributed by atoms with E-state index in [1.165, 1.54) is 12.1 Å². The summed E-state index contributed by atoms with van der Waals surface area (Å²) in [7, 11) is -3.33. The molecule has 6 heteroatoms. The molecule has 1 saturated heterocycles. The number of rotatable bonds is 2. The molecule has 1 N–H and O–H groups in total. The number of aliphatic hydroxyl groups is 1. The zero-order valence-electron chi connectivity index (χ0n) is 11.0. The molecule has 0 bridgehead atoms. The molecular weight excluding hydrogens is 266 g/mol. The summed E-state index contributed by atoms with van der Waals surface area (Å²) in [6, 6.07) is 5.98. The standard InChI is InChI=1S/C13H17NO4S/c1-13(16)6-7-14(9-13)12(15)10-4-3-5-11(8-10)19(2,17)18/h3-5,8,16H,6-7,9H2,1-2H3. The lowest BCUT2D eigenvalue weighted by Gasteiger charge is -2.19. The van der Waals surface area contributed by atoms with Gasteiger partial charge in [-0.05, 0) is 31.5 Å². The lowest BCUT2D eigenvalue weighted by Crippen LogP contribution is -2.33. The predicted octanol–water partition coefficient (Wildman–Crippen LogP) is 0.687. The van der Waals surface area contributed by atoms with E-state index in [0.717, 1.165) is 6.26 Å². The molecule has 0 saturated carbocycles. The average molecular weight is 283 g/mol. The molecule has 1 fully saturated rings. The lowest BCUT2D eigenvalue weighted by molar-refractivity contribution is 0.0572. The predicted molar refractivity (Wildman–Crippen MR) is 70.7 cm³/mol. The van der Waals surface area contributed by atoms with Crippen LogP contribution in [0.2, 0.25) is 0 Å². The van der Waals surface area contributed by atoms with Gasteiger partial charge in [0.1, 0.15) is 0 Å². The van der Waals surface area contributed by atoms with Gasteiger partial charge in [-0.15, -0.1) is 0 Å². The largest absolute Gasteiger partial charge is 0.388 e. The van der Waals surface area contributed by atoms with E-state index in [2.05, 4.69) is 0 Å². The van der Waals surface area contributed by atoms with Crippen molar-refractivity contribution in [3.63, 3.8) is 0 Å². The average Bonchev–Trinajstić information content (AvgIpc) is 2.68. The first-order valence-electron chi connectivity index (χ1n) is 6.01. The molecule has 104 valence electrons. The topological polar surface area (TPSA) is 74.7 Å². The number of carbonyl (C=O) groups is 1. The van der Waals surface area contributed by atoms with Crippen LogP contribution in [0.4, 0.5) is 0 Å². The molecular formula is C13H17NO4S. The third kappa shape index (κ3) is 3.13. The van der Waals surface area contributed by atoms with Crippen molar-refractivity contribution < 1.29 is 18.3 Å². The Kier molecular flexibility index (Phi) is 3.40. The van der Waals surface area contributed by atoms with Crippen LogP contribution >= 0.6 is 0 Å². The van der Waals surface area contributed by atoms with Gasteiger partial charge in [-0.2, -0.15) is 0 Å². The van der Waals surface area contributed by atoms with Gasteiger partial charge in [0.2, 0.25) is 0 Å². The van der Waals surface area contributed by atoms with Gasteiger partial charge in [0, 0.05) is 24.9 Å². The highest BCUT2D eigenvalue weighted by Gasteiger charge is 2.34. The van der Waals surface area contributed by atoms with Crippen LogP contribution in [-0.4, -0.2) is 49.3 Å². The highest BCUT2D eigenvalue weighted by molar-refractivity contribution is 7.90. The second kappa shape index (κ2) is 4.61. The Labute approximate surface area is 112 Å². The first-order chi connectivity index (χ1) is 8.69. The van der Waals surface area contributed by atoms with E-state index >= 15 is 0 Å². The van der Waals surface area contributed by atoms with E-state index in [1.807, 2.05) is 0 Å². The Bertz CT molecular complexity index is 607. The van der Waals surface area contributed by atoms with Crippen molar-refractivity contribution >= 4 is 15.7 Å². The van der Waals surface area contributed by atoms with Gasteiger partial charge in [0.05, 0.1) is 10.5 Å². The van der Waals surface area contributed by atoms with Crippen molar-refractivity contribution in [2.75, 3.05) is 19.3 Å². The number of benzene rings is 1. The molecule has 1 aromatic carbocycles. The van der Waals surface area contributed by atoms with E-state index in [4.69, 9.17) is 0 Å². The Hall–Kier alpha value is -1.40. The van der Waals surface area contributed by atoms with Crippen molar-refractivity contribution in [3.05, 3.63) is 29.8 Å². The van der Waals surface area contributed by atoms with Gasteiger partial charge in [-0.25, -0.2) is 8.42 Å². The first-order valence-corrected chi connectivity index (χ1v) is 7.90. The Morgan fingerprint density at radius 3 is 2.63 bits per heavy atom. The maximum atomic E-state index is 12.2. The van der Waals surface area contributed by atoms with Gasteiger partial charge in [0.25, 0.3) is 5.91 Å². The van der Waals surface area contributed by atoms with E-state index in [1.54, 1.807) is 24.0 Å². The summed E-state index contributed by atoms with van der Waals surface area (Å²) in [5.74, 6) is -0.247. The molecule has 19 heavy (non-hydrogen) atoms. The number of likely N-dealkylation sites (tertiary alicyclic amines) is 1. The van der Waals surface area contributed by atoms with Crippen molar-refractivity contribution in [2.24, 2.45) is 0 Å². The molecule has 1 aliphatic heterocycles.